The molecule has 0 aliphatic heterocycles. The van der Waals surface area contributed by atoms with Crippen LogP contribution in [0.2, 0.25) is 0 Å². The molecule has 1 fully saturated rings. The van der Waals surface area contributed by atoms with Gasteiger partial charge >= 0.3 is 5.97 Å². The van der Waals surface area contributed by atoms with Crippen molar-refractivity contribution >= 4 is 41.1 Å². The van der Waals surface area contributed by atoms with Gasteiger partial charge in [-0.05, 0) is 54.3 Å². The van der Waals surface area contributed by atoms with Gasteiger partial charge in [0.1, 0.15) is 5.01 Å². The smallest absolute Gasteiger partial charge is 0.337 e. The minimum atomic E-state index is -0.391. The lowest BCUT2D eigenvalue weighted by molar-refractivity contribution is -0.115. The first-order valence-corrected chi connectivity index (χ1v) is 11.2. The lowest BCUT2D eigenvalue weighted by Crippen LogP contribution is -2.14. The third-order valence-electron chi connectivity index (χ3n) is 5.39. The molecule has 1 amide bonds. The molecule has 1 heterocycles. The molecule has 158 valence electrons. The lowest BCUT2D eigenvalue weighted by Gasteiger charge is -2.22. The number of thiazole rings is 1. The number of ether oxygens (including phenoxy) is 1. The molecule has 0 atom stereocenters. The summed E-state index contributed by atoms with van der Waals surface area (Å²) in [6, 6.07) is 14.6. The zero-order chi connectivity index (χ0) is 21.6. The molecule has 0 radical (unpaired) electrons. The van der Waals surface area contributed by atoms with Crippen LogP contribution in [0, 0.1) is 0 Å². The number of aromatic nitrogens is 1. The predicted octanol–water partition coefficient (Wildman–Crippen LogP) is 5.55. The molecule has 0 spiro atoms. The minimum absolute atomic E-state index is 0.114. The third kappa shape index (κ3) is 5.47. The zero-order valence-electron chi connectivity index (χ0n) is 17.3. The maximum atomic E-state index is 12.4. The minimum Gasteiger partial charge on any atom is -0.465 e. The Kier molecular flexibility index (Phi) is 6.57. The van der Waals surface area contributed by atoms with Gasteiger partial charge in [0, 0.05) is 17.0 Å². The van der Waals surface area contributed by atoms with Crippen molar-refractivity contribution in [3.63, 3.8) is 0 Å². The van der Waals surface area contributed by atoms with E-state index in [9.17, 15) is 9.59 Å². The van der Waals surface area contributed by atoms with Crippen LogP contribution in [0.3, 0.4) is 0 Å². The van der Waals surface area contributed by atoms with Crippen molar-refractivity contribution in [1.82, 2.24) is 4.98 Å². The Bertz CT molecular complexity index is 1100. The number of rotatable bonds is 7. The average Bonchev–Trinajstić information content (AvgIpc) is 3.19. The van der Waals surface area contributed by atoms with Gasteiger partial charge in [-0.15, -0.1) is 11.3 Å². The van der Waals surface area contributed by atoms with Gasteiger partial charge in [0.15, 0.2) is 0 Å². The summed E-state index contributed by atoms with van der Waals surface area (Å²) in [6.07, 6.45) is 8.09. The Balaban J connectivity index is 1.35. The van der Waals surface area contributed by atoms with E-state index in [-0.39, 0.29) is 12.3 Å². The van der Waals surface area contributed by atoms with E-state index in [2.05, 4.69) is 15.4 Å². The molecule has 0 unspecified atom stereocenters. The number of carbonyl (C=O) groups excluding carboxylic acids is 2. The Morgan fingerprint density at radius 3 is 2.68 bits per heavy atom. The van der Waals surface area contributed by atoms with Crippen LogP contribution in [0.25, 0.3) is 12.2 Å². The monoisotopic (exact) mass is 432 g/mol. The van der Waals surface area contributed by atoms with Crippen LogP contribution < -0.4 is 5.32 Å². The van der Waals surface area contributed by atoms with Crippen LogP contribution in [0.15, 0.2) is 53.9 Å². The van der Waals surface area contributed by atoms with E-state index in [1.807, 2.05) is 36.4 Å². The Morgan fingerprint density at radius 2 is 1.97 bits per heavy atom. The molecule has 0 bridgehead atoms. The van der Waals surface area contributed by atoms with Crippen LogP contribution in [0.1, 0.15) is 57.4 Å². The summed E-state index contributed by atoms with van der Waals surface area (Å²) < 4.78 is 4.69. The highest BCUT2D eigenvalue weighted by Crippen LogP contribution is 2.36. The number of benzene rings is 2. The maximum absolute atomic E-state index is 12.4. The first-order chi connectivity index (χ1) is 15.1. The Labute approximate surface area is 185 Å². The summed E-state index contributed by atoms with van der Waals surface area (Å²) in [7, 11) is 1.34. The molecule has 1 aliphatic rings. The van der Waals surface area contributed by atoms with E-state index in [1.54, 1.807) is 35.6 Å². The van der Waals surface area contributed by atoms with Crippen molar-refractivity contribution in [1.29, 1.82) is 0 Å². The summed E-state index contributed by atoms with van der Waals surface area (Å²) >= 11 is 1.67. The molecular weight excluding hydrogens is 408 g/mol. The van der Waals surface area contributed by atoms with Crippen LogP contribution >= 0.6 is 11.3 Å². The van der Waals surface area contributed by atoms with Crippen LogP contribution in [0.4, 0.5) is 5.69 Å². The third-order valence-corrected chi connectivity index (χ3v) is 6.22. The number of hydrogen-bond acceptors (Lipinski definition) is 5. The molecule has 4 rings (SSSR count). The molecule has 1 aliphatic carbocycles. The number of nitrogens with zero attached hydrogens (tertiary/aromatic N) is 1. The van der Waals surface area contributed by atoms with Gasteiger partial charge in [0.25, 0.3) is 0 Å². The van der Waals surface area contributed by atoms with Crippen molar-refractivity contribution in [3.05, 3.63) is 81.3 Å². The molecule has 5 nitrogen and oxygen atoms in total. The second-order valence-electron chi connectivity index (χ2n) is 7.61. The van der Waals surface area contributed by atoms with Crippen molar-refractivity contribution in [2.45, 2.75) is 31.6 Å². The van der Waals surface area contributed by atoms with Gasteiger partial charge in [-0.1, -0.05) is 36.8 Å². The Morgan fingerprint density at radius 1 is 1.16 bits per heavy atom. The summed E-state index contributed by atoms with van der Waals surface area (Å²) in [6.45, 7) is 0. The fourth-order valence-corrected chi connectivity index (χ4v) is 4.21. The fraction of sp³-hybridized carbons (Fsp3) is 0.240. The van der Waals surface area contributed by atoms with E-state index in [4.69, 9.17) is 4.98 Å². The van der Waals surface area contributed by atoms with Gasteiger partial charge in [-0.25, -0.2) is 9.78 Å². The van der Waals surface area contributed by atoms with Crippen LogP contribution in [0.5, 0.6) is 0 Å². The molecule has 6 heteroatoms. The van der Waals surface area contributed by atoms with Gasteiger partial charge < -0.3 is 10.1 Å². The number of amides is 1. The molecule has 1 saturated carbocycles. The number of nitrogens with one attached hydrogen (secondary N) is 1. The van der Waals surface area contributed by atoms with Crippen molar-refractivity contribution in [2.75, 3.05) is 12.4 Å². The largest absolute Gasteiger partial charge is 0.465 e. The first-order valence-electron chi connectivity index (χ1n) is 10.3. The van der Waals surface area contributed by atoms with E-state index in [1.165, 1.54) is 32.1 Å². The van der Waals surface area contributed by atoms with E-state index >= 15 is 0 Å². The van der Waals surface area contributed by atoms with Crippen molar-refractivity contribution in [3.8, 4) is 0 Å². The van der Waals surface area contributed by atoms with Crippen LogP contribution in [-0.2, 0) is 16.0 Å². The summed E-state index contributed by atoms with van der Waals surface area (Å²) in [5.41, 5.74) is 4.25. The van der Waals surface area contributed by atoms with Crippen molar-refractivity contribution in [2.24, 2.45) is 0 Å². The first kappa shape index (κ1) is 21.0. The van der Waals surface area contributed by atoms with Gasteiger partial charge in [-0.2, -0.15) is 0 Å². The average molecular weight is 433 g/mol. The van der Waals surface area contributed by atoms with E-state index in [0.717, 1.165) is 21.8 Å². The molecule has 2 aromatic carbocycles. The fourth-order valence-electron chi connectivity index (χ4n) is 3.42. The van der Waals surface area contributed by atoms with Crippen molar-refractivity contribution < 1.29 is 14.3 Å². The van der Waals surface area contributed by atoms with E-state index < -0.39 is 5.97 Å². The second-order valence-corrected chi connectivity index (χ2v) is 8.50. The molecular formula is C25H24N2O3S. The predicted molar refractivity (Wildman–Crippen MR) is 124 cm³/mol. The maximum Gasteiger partial charge on any atom is 0.337 e. The highest BCUT2D eigenvalue weighted by atomic mass is 32.1. The lowest BCUT2D eigenvalue weighted by atomic mass is 9.83. The SMILES string of the molecule is COC(=O)c1ccc(CC(=O)Nc2cccc(C=Cc3nc(C4CCC4)cs3)c2)cc1. The topological polar surface area (TPSA) is 68.3 Å². The number of methoxy groups -OCH3 is 1. The van der Waals surface area contributed by atoms with Gasteiger partial charge in [0.2, 0.25) is 5.91 Å². The molecule has 0 saturated heterocycles. The van der Waals surface area contributed by atoms with Gasteiger partial charge in [0.05, 0.1) is 24.8 Å². The quantitative estimate of drug-likeness (QED) is 0.497. The molecule has 1 aromatic heterocycles. The van der Waals surface area contributed by atoms with E-state index in [0.29, 0.717) is 11.5 Å². The molecule has 1 N–H and O–H groups in total. The standard InChI is InChI=1S/C25H24N2O3S/c1-30-25(29)20-11-8-18(9-12-20)15-23(28)26-21-7-2-4-17(14-21)10-13-24-27-22(16-31-24)19-5-3-6-19/h2,4,7-14,16,19H,3,5-6,15H2,1H3,(H,26,28). The van der Waals surface area contributed by atoms with Gasteiger partial charge in [-0.3, -0.25) is 4.79 Å². The summed E-state index contributed by atoms with van der Waals surface area (Å²) in [5.74, 6) is 0.142. The summed E-state index contributed by atoms with van der Waals surface area (Å²) in [4.78, 5) is 28.6. The number of carbonyl (C=O) groups is 2. The number of anilines is 1. The summed E-state index contributed by atoms with van der Waals surface area (Å²) in [5, 5.41) is 6.11. The Hall–Kier alpha value is -3.25. The zero-order valence-corrected chi connectivity index (χ0v) is 18.2. The van der Waals surface area contributed by atoms with Crippen LogP contribution in [-0.4, -0.2) is 24.0 Å². The number of esters is 1. The molecule has 3 aromatic rings. The second kappa shape index (κ2) is 9.71. The number of hydrogen-bond donors (Lipinski definition) is 1. The highest BCUT2D eigenvalue weighted by Gasteiger charge is 2.21. The highest BCUT2D eigenvalue weighted by molar-refractivity contribution is 7.10. The normalized spacial score (nSPS) is 13.7. The molecule has 31 heavy (non-hydrogen) atoms.